The molecule has 17 heavy (non-hydrogen) atoms. The van der Waals surface area contributed by atoms with Gasteiger partial charge in [0.1, 0.15) is 5.75 Å². The molecule has 1 atom stereocenters. The average molecular weight is 235 g/mol. The third-order valence-corrected chi connectivity index (χ3v) is 2.95. The summed E-state index contributed by atoms with van der Waals surface area (Å²) in [6.07, 6.45) is 2.14. The van der Waals surface area contributed by atoms with E-state index in [0.717, 1.165) is 19.4 Å². The highest BCUT2D eigenvalue weighted by Gasteiger charge is 2.16. The van der Waals surface area contributed by atoms with Gasteiger partial charge in [0, 0.05) is 13.2 Å². The molecule has 0 saturated carbocycles. The van der Waals surface area contributed by atoms with Crippen molar-refractivity contribution in [3.05, 3.63) is 29.8 Å². The number of carbonyl (C=O) groups is 1. The predicted octanol–water partition coefficient (Wildman–Crippen LogP) is 1.55. The number of rotatable bonds is 3. The first-order chi connectivity index (χ1) is 8.27. The van der Waals surface area contributed by atoms with Crippen molar-refractivity contribution in [3.8, 4) is 5.75 Å². The number of benzene rings is 1. The van der Waals surface area contributed by atoms with Gasteiger partial charge in [0.2, 0.25) is 0 Å². The van der Waals surface area contributed by atoms with E-state index < -0.39 is 0 Å². The van der Waals surface area contributed by atoms with Crippen molar-refractivity contribution in [2.75, 3.05) is 19.8 Å². The molecule has 4 nitrogen and oxygen atoms in total. The van der Waals surface area contributed by atoms with E-state index in [9.17, 15) is 9.90 Å². The van der Waals surface area contributed by atoms with E-state index >= 15 is 0 Å². The van der Waals surface area contributed by atoms with Gasteiger partial charge in [-0.2, -0.15) is 0 Å². The second-order valence-electron chi connectivity index (χ2n) is 4.31. The average Bonchev–Trinajstić information content (AvgIpc) is 2.38. The zero-order valence-corrected chi connectivity index (χ0v) is 9.69. The molecule has 1 fully saturated rings. The molecule has 1 heterocycles. The number of ether oxygens (including phenoxy) is 1. The molecule has 1 saturated heterocycles. The fraction of sp³-hybridized carbons (Fsp3) is 0.462. The quantitative estimate of drug-likeness (QED) is 0.835. The van der Waals surface area contributed by atoms with Crippen LogP contribution in [0, 0.1) is 5.92 Å². The van der Waals surface area contributed by atoms with Crippen LogP contribution in [0.4, 0.5) is 0 Å². The highest BCUT2D eigenvalue weighted by molar-refractivity contribution is 5.96. The van der Waals surface area contributed by atoms with Crippen molar-refractivity contribution in [2.45, 2.75) is 12.8 Å². The molecule has 1 aromatic rings. The van der Waals surface area contributed by atoms with Gasteiger partial charge in [-0.15, -0.1) is 0 Å². The fourth-order valence-electron chi connectivity index (χ4n) is 1.97. The lowest BCUT2D eigenvalue weighted by Crippen LogP contribution is -2.33. The smallest absolute Gasteiger partial charge is 0.255 e. The maximum absolute atomic E-state index is 11.8. The number of phenolic OH excluding ortho intramolecular Hbond substituents is 1. The Labute approximate surface area is 101 Å². The predicted molar refractivity (Wildman–Crippen MR) is 64.0 cm³/mol. The third kappa shape index (κ3) is 3.20. The fourth-order valence-corrected chi connectivity index (χ4v) is 1.97. The molecule has 1 aromatic carbocycles. The van der Waals surface area contributed by atoms with Crippen LogP contribution in [0.3, 0.4) is 0 Å². The second-order valence-corrected chi connectivity index (χ2v) is 4.31. The molecule has 0 radical (unpaired) electrons. The van der Waals surface area contributed by atoms with Gasteiger partial charge in [-0.05, 0) is 30.9 Å². The molecule has 1 aliphatic heterocycles. The molecule has 1 aliphatic rings. The van der Waals surface area contributed by atoms with Gasteiger partial charge in [0.15, 0.2) is 0 Å². The monoisotopic (exact) mass is 235 g/mol. The summed E-state index contributed by atoms with van der Waals surface area (Å²) in [6, 6.07) is 6.56. The number of para-hydroxylation sites is 1. The normalized spacial score (nSPS) is 19.9. The van der Waals surface area contributed by atoms with Crippen LogP contribution in [-0.2, 0) is 4.74 Å². The summed E-state index contributed by atoms with van der Waals surface area (Å²) in [7, 11) is 0. The minimum absolute atomic E-state index is 0.0184. The molecular formula is C13H17NO3. The summed E-state index contributed by atoms with van der Waals surface area (Å²) in [6.45, 7) is 2.14. The lowest BCUT2D eigenvalue weighted by atomic mass is 10.0. The molecule has 2 N–H and O–H groups in total. The van der Waals surface area contributed by atoms with E-state index in [1.54, 1.807) is 18.2 Å². The van der Waals surface area contributed by atoms with Gasteiger partial charge in [-0.3, -0.25) is 4.79 Å². The Balaban J connectivity index is 1.87. The molecule has 1 unspecified atom stereocenters. The molecule has 2 rings (SSSR count). The SMILES string of the molecule is O=C(NCC1CCCOC1)c1ccccc1O. The Bertz CT molecular complexity index is 386. The summed E-state index contributed by atoms with van der Waals surface area (Å²) in [5.41, 5.74) is 0.323. The minimum atomic E-state index is -0.228. The number of carbonyl (C=O) groups excluding carboxylic acids is 1. The molecule has 4 heteroatoms. The van der Waals surface area contributed by atoms with E-state index in [4.69, 9.17) is 4.74 Å². The summed E-state index contributed by atoms with van der Waals surface area (Å²) < 4.78 is 5.34. The molecular weight excluding hydrogens is 218 g/mol. The van der Waals surface area contributed by atoms with Crippen molar-refractivity contribution in [3.63, 3.8) is 0 Å². The van der Waals surface area contributed by atoms with E-state index in [1.165, 1.54) is 6.07 Å². The molecule has 1 amide bonds. The van der Waals surface area contributed by atoms with Crippen LogP contribution in [0.15, 0.2) is 24.3 Å². The molecule has 0 spiro atoms. The number of amides is 1. The maximum Gasteiger partial charge on any atom is 0.255 e. The van der Waals surface area contributed by atoms with Gasteiger partial charge >= 0.3 is 0 Å². The highest BCUT2D eigenvalue weighted by atomic mass is 16.5. The van der Waals surface area contributed by atoms with Crippen molar-refractivity contribution >= 4 is 5.91 Å². The van der Waals surface area contributed by atoms with Gasteiger partial charge in [-0.25, -0.2) is 0 Å². The maximum atomic E-state index is 11.8. The Hall–Kier alpha value is -1.55. The molecule has 0 aromatic heterocycles. The summed E-state index contributed by atoms with van der Waals surface area (Å²) in [5.74, 6) is 0.178. The van der Waals surface area contributed by atoms with Crippen LogP contribution < -0.4 is 5.32 Å². The zero-order chi connectivity index (χ0) is 12.1. The minimum Gasteiger partial charge on any atom is -0.507 e. The van der Waals surface area contributed by atoms with Crippen molar-refractivity contribution in [2.24, 2.45) is 5.92 Å². The largest absolute Gasteiger partial charge is 0.507 e. The first-order valence-electron chi connectivity index (χ1n) is 5.91. The van der Waals surface area contributed by atoms with E-state index in [0.29, 0.717) is 24.6 Å². The van der Waals surface area contributed by atoms with E-state index in [-0.39, 0.29) is 11.7 Å². The Morgan fingerprint density at radius 3 is 3.00 bits per heavy atom. The number of hydrogen-bond acceptors (Lipinski definition) is 3. The van der Waals surface area contributed by atoms with Gasteiger partial charge in [0.25, 0.3) is 5.91 Å². The van der Waals surface area contributed by atoms with Crippen LogP contribution in [-0.4, -0.2) is 30.8 Å². The van der Waals surface area contributed by atoms with Crippen molar-refractivity contribution in [1.82, 2.24) is 5.32 Å². The Morgan fingerprint density at radius 1 is 1.47 bits per heavy atom. The van der Waals surface area contributed by atoms with Gasteiger partial charge in [0.05, 0.1) is 12.2 Å². The van der Waals surface area contributed by atoms with Crippen LogP contribution in [0.5, 0.6) is 5.75 Å². The van der Waals surface area contributed by atoms with Crippen molar-refractivity contribution < 1.29 is 14.6 Å². The van der Waals surface area contributed by atoms with E-state index in [1.807, 2.05) is 0 Å². The molecule has 92 valence electrons. The number of nitrogens with one attached hydrogen (secondary N) is 1. The zero-order valence-electron chi connectivity index (χ0n) is 9.69. The number of phenols is 1. The highest BCUT2D eigenvalue weighted by Crippen LogP contribution is 2.16. The first kappa shape index (κ1) is 11.9. The van der Waals surface area contributed by atoms with Crippen LogP contribution >= 0.6 is 0 Å². The Kier molecular flexibility index (Phi) is 3.98. The summed E-state index contributed by atoms with van der Waals surface area (Å²) >= 11 is 0. The number of aromatic hydroxyl groups is 1. The third-order valence-electron chi connectivity index (χ3n) is 2.95. The summed E-state index contributed by atoms with van der Waals surface area (Å²) in [5, 5.41) is 12.4. The standard InChI is InChI=1S/C13H17NO3/c15-12-6-2-1-5-11(12)13(16)14-8-10-4-3-7-17-9-10/h1-2,5-6,10,15H,3-4,7-9H2,(H,14,16). The Morgan fingerprint density at radius 2 is 2.29 bits per heavy atom. The molecule has 0 aliphatic carbocycles. The van der Waals surface area contributed by atoms with Gasteiger partial charge in [-0.1, -0.05) is 12.1 Å². The van der Waals surface area contributed by atoms with Crippen LogP contribution in [0.1, 0.15) is 23.2 Å². The molecule has 0 bridgehead atoms. The first-order valence-corrected chi connectivity index (χ1v) is 5.91. The second kappa shape index (κ2) is 5.68. The van der Waals surface area contributed by atoms with E-state index in [2.05, 4.69) is 5.32 Å². The van der Waals surface area contributed by atoms with Crippen molar-refractivity contribution in [1.29, 1.82) is 0 Å². The van der Waals surface area contributed by atoms with Crippen LogP contribution in [0.25, 0.3) is 0 Å². The summed E-state index contributed by atoms with van der Waals surface area (Å²) in [4.78, 5) is 11.8. The lowest BCUT2D eigenvalue weighted by Gasteiger charge is -2.22. The number of hydrogen-bond donors (Lipinski definition) is 2. The van der Waals surface area contributed by atoms with Gasteiger partial charge < -0.3 is 15.2 Å². The lowest BCUT2D eigenvalue weighted by molar-refractivity contribution is 0.0536. The topological polar surface area (TPSA) is 58.6 Å². The van der Waals surface area contributed by atoms with Crippen LogP contribution in [0.2, 0.25) is 0 Å².